The zero-order valence-corrected chi connectivity index (χ0v) is 19.0. The fraction of sp³-hybridized carbons (Fsp3) is 0.417. The number of ether oxygens (including phenoxy) is 1. The molecular formula is C24H25BrN2O3. The van der Waals surface area contributed by atoms with Crippen LogP contribution in [-0.4, -0.2) is 48.6 Å². The second-order valence-electron chi connectivity index (χ2n) is 9.56. The van der Waals surface area contributed by atoms with E-state index in [1.165, 1.54) is 0 Å². The van der Waals surface area contributed by atoms with Crippen LogP contribution in [0.4, 0.5) is 10.5 Å². The van der Waals surface area contributed by atoms with E-state index in [-0.39, 0.29) is 11.9 Å². The minimum atomic E-state index is -0.467. The summed E-state index contributed by atoms with van der Waals surface area (Å²) in [6.45, 7) is 8.96. The minimum Gasteiger partial charge on any atom is -0.444 e. The molecule has 30 heavy (non-hydrogen) atoms. The molecule has 0 saturated carbocycles. The van der Waals surface area contributed by atoms with Gasteiger partial charge in [0.25, 0.3) is 0 Å². The average Bonchev–Trinajstić information content (AvgIpc) is 3.31. The number of carbonyl (C=O) groups is 2. The second-order valence-corrected chi connectivity index (χ2v) is 10.5. The number of hydrogen-bond acceptors (Lipinski definition) is 4. The average molecular weight is 469 g/mol. The third kappa shape index (κ3) is 3.31. The van der Waals surface area contributed by atoms with E-state index >= 15 is 0 Å². The molecule has 0 aromatic heterocycles. The summed E-state index contributed by atoms with van der Waals surface area (Å²) in [6, 6.07) is 12.1. The number of fused-ring (bicyclic) bond motifs is 4. The lowest BCUT2D eigenvalue weighted by molar-refractivity contribution is 0.0282. The molecule has 0 N–H and O–H groups in total. The summed E-state index contributed by atoms with van der Waals surface area (Å²) in [4.78, 5) is 29.5. The first kappa shape index (κ1) is 19.6. The highest BCUT2D eigenvalue weighted by molar-refractivity contribution is 9.10. The van der Waals surface area contributed by atoms with Gasteiger partial charge in [-0.05, 0) is 56.2 Å². The number of amides is 1. The summed E-state index contributed by atoms with van der Waals surface area (Å²) in [6.07, 6.45) is -0.212. The largest absolute Gasteiger partial charge is 0.444 e. The molecule has 2 aromatic carbocycles. The maximum atomic E-state index is 12.9. The van der Waals surface area contributed by atoms with Crippen molar-refractivity contribution in [2.75, 3.05) is 31.1 Å². The van der Waals surface area contributed by atoms with Crippen molar-refractivity contribution in [2.24, 2.45) is 11.8 Å². The Labute approximate surface area is 185 Å². The molecule has 5 rings (SSSR count). The fourth-order valence-corrected chi connectivity index (χ4v) is 5.28. The Balaban J connectivity index is 1.31. The molecule has 2 fully saturated rings. The molecule has 3 aliphatic rings. The lowest BCUT2D eigenvalue weighted by Gasteiger charge is -2.26. The molecule has 2 heterocycles. The molecule has 156 valence electrons. The number of anilines is 1. The first-order valence-electron chi connectivity index (χ1n) is 10.4. The van der Waals surface area contributed by atoms with E-state index in [4.69, 9.17) is 4.74 Å². The Morgan fingerprint density at radius 1 is 0.933 bits per heavy atom. The van der Waals surface area contributed by atoms with Crippen LogP contribution in [0.3, 0.4) is 0 Å². The molecule has 1 amide bonds. The molecule has 2 aromatic rings. The third-order valence-electron chi connectivity index (χ3n) is 6.27. The molecule has 0 radical (unpaired) electrons. The third-order valence-corrected chi connectivity index (χ3v) is 6.76. The smallest absolute Gasteiger partial charge is 0.410 e. The predicted octanol–water partition coefficient (Wildman–Crippen LogP) is 4.96. The number of halogens is 1. The SMILES string of the molecule is CC(C)(C)OC(=O)N1CC2CN(c3ccc4c(c3)C(=O)c3cc(Br)ccc3-4)CC2C1. The lowest BCUT2D eigenvalue weighted by Crippen LogP contribution is -2.37. The Kier molecular flexibility index (Phi) is 4.47. The van der Waals surface area contributed by atoms with Crippen molar-refractivity contribution >= 4 is 33.5 Å². The summed E-state index contributed by atoms with van der Waals surface area (Å²) in [7, 11) is 0. The lowest BCUT2D eigenvalue weighted by atomic mass is 10.0. The molecule has 6 heteroatoms. The van der Waals surface area contributed by atoms with Crippen molar-refractivity contribution in [3.8, 4) is 11.1 Å². The monoisotopic (exact) mass is 468 g/mol. The summed E-state index contributed by atoms with van der Waals surface area (Å²) >= 11 is 3.47. The van der Waals surface area contributed by atoms with E-state index in [0.29, 0.717) is 11.8 Å². The molecule has 2 unspecified atom stereocenters. The zero-order valence-electron chi connectivity index (χ0n) is 17.4. The summed E-state index contributed by atoms with van der Waals surface area (Å²) in [5, 5.41) is 0. The maximum Gasteiger partial charge on any atom is 0.410 e. The van der Waals surface area contributed by atoms with Gasteiger partial charge in [0, 0.05) is 59.3 Å². The van der Waals surface area contributed by atoms with Crippen LogP contribution in [0.2, 0.25) is 0 Å². The van der Waals surface area contributed by atoms with Gasteiger partial charge in [-0.25, -0.2) is 4.79 Å². The summed E-state index contributed by atoms with van der Waals surface area (Å²) in [5.74, 6) is 0.975. The van der Waals surface area contributed by atoms with Gasteiger partial charge in [-0.2, -0.15) is 0 Å². The molecule has 2 saturated heterocycles. The normalized spacial score (nSPS) is 22.2. The predicted molar refractivity (Wildman–Crippen MR) is 120 cm³/mol. The first-order chi connectivity index (χ1) is 14.2. The van der Waals surface area contributed by atoms with Crippen molar-refractivity contribution < 1.29 is 14.3 Å². The molecular weight excluding hydrogens is 444 g/mol. The standard InChI is InChI=1S/C24H25BrN2O3/c1-24(2,3)30-23(29)27-12-14-10-26(11-15(14)13-27)17-5-7-19-18-6-4-16(25)8-20(18)22(28)21(19)9-17/h4-9,14-15H,10-13H2,1-3H3. The number of likely N-dealkylation sites (tertiary alicyclic amines) is 1. The van der Waals surface area contributed by atoms with Gasteiger partial charge in [0.1, 0.15) is 5.60 Å². The second kappa shape index (κ2) is 6.84. The Hall–Kier alpha value is -2.34. The van der Waals surface area contributed by atoms with Gasteiger partial charge in [-0.15, -0.1) is 0 Å². The molecule has 0 spiro atoms. The first-order valence-corrected chi connectivity index (χ1v) is 11.2. The fourth-order valence-electron chi connectivity index (χ4n) is 4.92. The van der Waals surface area contributed by atoms with Crippen molar-refractivity contribution in [2.45, 2.75) is 26.4 Å². The van der Waals surface area contributed by atoms with Crippen LogP contribution < -0.4 is 4.90 Å². The van der Waals surface area contributed by atoms with Gasteiger partial charge >= 0.3 is 6.09 Å². The van der Waals surface area contributed by atoms with E-state index in [1.54, 1.807) is 0 Å². The van der Waals surface area contributed by atoms with E-state index in [0.717, 1.165) is 58.6 Å². The number of nitrogens with zero attached hydrogens (tertiary/aromatic N) is 2. The molecule has 1 aliphatic carbocycles. The molecule has 0 bridgehead atoms. The highest BCUT2D eigenvalue weighted by Crippen LogP contribution is 2.41. The van der Waals surface area contributed by atoms with Gasteiger partial charge < -0.3 is 14.5 Å². The van der Waals surface area contributed by atoms with Gasteiger partial charge in [-0.1, -0.05) is 28.1 Å². The highest BCUT2D eigenvalue weighted by Gasteiger charge is 2.43. The molecule has 2 aliphatic heterocycles. The Bertz CT molecular complexity index is 1040. The maximum absolute atomic E-state index is 12.9. The number of carbonyl (C=O) groups excluding carboxylic acids is 2. The van der Waals surface area contributed by atoms with E-state index < -0.39 is 5.60 Å². The number of benzene rings is 2. The Morgan fingerprint density at radius 3 is 2.17 bits per heavy atom. The van der Waals surface area contributed by atoms with Crippen molar-refractivity contribution in [3.63, 3.8) is 0 Å². The quantitative estimate of drug-likeness (QED) is 0.506. The van der Waals surface area contributed by atoms with Crippen LogP contribution in [0.15, 0.2) is 40.9 Å². The van der Waals surface area contributed by atoms with E-state index in [2.05, 4.69) is 33.0 Å². The highest BCUT2D eigenvalue weighted by atomic mass is 79.9. The molecule has 2 atom stereocenters. The molecule has 5 nitrogen and oxygen atoms in total. The zero-order chi connectivity index (χ0) is 21.2. The summed E-state index contributed by atoms with van der Waals surface area (Å²) in [5.41, 5.74) is 4.20. The van der Waals surface area contributed by atoms with Crippen LogP contribution in [0.25, 0.3) is 11.1 Å². The van der Waals surface area contributed by atoms with Crippen LogP contribution in [0.1, 0.15) is 36.7 Å². The van der Waals surface area contributed by atoms with Crippen LogP contribution in [-0.2, 0) is 4.74 Å². The van der Waals surface area contributed by atoms with Crippen molar-refractivity contribution in [1.82, 2.24) is 4.90 Å². The topological polar surface area (TPSA) is 49.9 Å². The van der Waals surface area contributed by atoms with Crippen molar-refractivity contribution in [1.29, 1.82) is 0 Å². The van der Waals surface area contributed by atoms with Gasteiger partial charge in [0.2, 0.25) is 0 Å². The van der Waals surface area contributed by atoms with Crippen LogP contribution in [0, 0.1) is 11.8 Å². The van der Waals surface area contributed by atoms with E-state index in [1.807, 2.05) is 49.9 Å². The minimum absolute atomic E-state index is 0.0960. The van der Waals surface area contributed by atoms with Gasteiger partial charge in [-0.3, -0.25) is 4.79 Å². The summed E-state index contributed by atoms with van der Waals surface area (Å²) < 4.78 is 6.45. The van der Waals surface area contributed by atoms with Crippen molar-refractivity contribution in [3.05, 3.63) is 52.0 Å². The van der Waals surface area contributed by atoms with Gasteiger partial charge in [0.15, 0.2) is 5.78 Å². The van der Waals surface area contributed by atoms with Crippen LogP contribution in [0.5, 0.6) is 0 Å². The number of rotatable bonds is 1. The Morgan fingerprint density at radius 2 is 1.53 bits per heavy atom. The van der Waals surface area contributed by atoms with Gasteiger partial charge in [0.05, 0.1) is 0 Å². The number of hydrogen-bond donors (Lipinski definition) is 0. The number of ketones is 1. The van der Waals surface area contributed by atoms with E-state index in [9.17, 15) is 9.59 Å². The van der Waals surface area contributed by atoms with Crippen LogP contribution >= 0.6 is 15.9 Å².